The van der Waals surface area contributed by atoms with Crippen LogP contribution < -0.4 is 5.32 Å². The maximum atomic E-state index is 4.28. The van der Waals surface area contributed by atoms with Crippen LogP contribution in [0.15, 0.2) is 60.5 Å². The first kappa shape index (κ1) is 13.2. The molecule has 0 aromatic carbocycles. The summed E-state index contributed by atoms with van der Waals surface area (Å²) in [5.41, 5.74) is 3.43. The number of rotatable bonds is 6. The third kappa shape index (κ3) is 5.71. The van der Waals surface area contributed by atoms with Gasteiger partial charge in [0.05, 0.1) is 0 Å². The molecular weight excluding hydrogens is 208 g/mol. The van der Waals surface area contributed by atoms with Gasteiger partial charge in [-0.3, -0.25) is 4.98 Å². The molecule has 0 fully saturated rings. The zero-order valence-corrected chi connectivity index (χ0v) is 10.6. The molecule has 1 aromatic heterocycles. The first-order chi connectivity index (χ1) is 8.22. The summed E-state index contributed by atoms with van der Waals surface area (Å²) in [7, 11) is 0. The second-order valence-electron chi connectivity index (χ2n) is 3.96. The lowest BCUT2D eigenvalue weighted by Crippen LogP contribution is -2.15. The Hall–Kier alpha value is -1.83. The molecule has 1 heterocycles. The quantitative estimate of drug-likeness (QED) is 0.756. The Labute approximate surface area is 104 Å². The normalized spacial score (nSPS) is 12.4. The van der Waals surface area contributed by atoms with E-state index in [1.54, 1.807) is 0 Å². The van der Waals surface area contributed by atoms with Crippen molar-refractivity contribution in [3.8, 4) is 0 Å². The Kier molecular flexibility index (Phi) is 5.80. The van der Waals surface area contributed by atoms with Gasteiger partial charge in [-0.15, -0.1) is 0 Å². The van der Waals surface area contributed by atoms with E-state index >= 15 is 0 Å². The highest BCUT2D eigenvalue weighted by atomic mass is 14.9. The summed E-state index contributed by atoms with van der Waals surface area (Å²) in [6, 6.07) is 5.99. The average Bonchev–Trinajstić information content (AvgIpc) is 2.37. The van der Waals surface area contributed by atoms with Gasteiger partial charge in [-0.25, -0.2) is 0 Å². The van der Waals surface area contributed by atoms with Crippen LogP contribution in [0.25, 0.3) is 0 Å². The van der Waals surface area contributed by atoms with Gasteiger partial charge in [0.15, 0.2) is 0 Å². The van der Waals surface area contributed by atoms with E-state index in [9.17, 15) is 0 Å². The monoisotopic (exact) mass is 228 g/mol. The van der Waals surface area contributed by atoms with E-state index in [-0.39, 0.29) is 0 Å². The lowest BCUT2D eigenvalue weighted by Gasteiger charge is -2.05. The predicted octanol–water partition coefficient (Wildman–Crippen LogP) is 3.25. The molecular formula is C15H20N2. The zero-order chi connectivity index (χ0) is 12.5. The van der Waals surface area contributed by atoms with Crippen molar-refractivity contribution in [1.82, 2.24) is 10.3 Å². The molecule has 0 unspecified atom stereocenters. The van der Waals surface area contributed by atoms with Gasteiger partial charge in [0, 0.05) is 30.6 Å². The van der Waals surface area contributed by atoms with Gasteiger partial charge in [-0.2, -0.15) is 0 Å². The van der Waals surface area contributed by atoms with Gasteiger partial charge in [0.2, 0.25) is 0 Å². The number of hydrogen-bond donors (Lipinski definition) is 1. The highest BCUT2D eigenvalue weighted by Crippen LogP contribution is 1.97. The van der Waals surface area contributed by atoms with Crippen molar-refractivity contribution in [2.24, 2.45) is 0 Å². The summed E-state index contributed by atoms with van der Waals surface area (Å²) in [6.07, 6.45) is 8.73. The SMILES string of the molecule is C=C/C(C)=C\C=C(/C)NCCc1ccccn1. The highest BCUT2D eigenvalue weighted by Gasteiger charge is 1.92. The molecule has 1 N–H and O–H groups in total. The fourth-order valence-corrected chi connectivity index (χ4v) is 1.32. The maximum Gasteiger partial charge on any atom is 0.0421 e. The predicted molar refractivity (Wildman–Crippen MR) is 73.7 cm³/mol. The summed E-state index contributed by atoms with van der Waals surface area (Å²) < 4.78 is 0. The van der Waals surface area contributed by atoms with Crippen LogP contribution in [0.2, 0.25) is 0 Å². The Morgan fingerprint density at radius 3 is 2.82 bits per heavy atom. The molecule has 0 aliphatic carbocycles. The van der Waals surface area contributed by atoms with E-state index in [0.29, 0.717) is 0 Å². The van der Waals surface area contributed by atoms with Crippen LogP contribution in [0.5, 0.6) is 0 Å². The second kappa shape index (κ2) is 7.44. The third-order valence-corrected chi connectivity index (χ3v) is 2.43. The van der Waals surface area contributed by atoms with E-state index in [4.69, 9.17) is 0 Å². The Balaban J connectivity index is 2.34. The first-order valence-electron chi connectivity index (χ1n) is 5.84. The fourth-order valence-electron chi connectivity index (χ4n) is 1.32. The Bertz CT molecular complexity index is 402. The van der Waals surface area contributed by atoms with Crippen LogP contribution in [0.3, 0.4) is 0 Å². The number of hydrogen-bond acceptors (Lipinski definition) is 2. The van der Waals surface area contributed by atoms with Crippen LogP contribution in [0.1, 0.15) is 19.5 Å². The van der Waals surface area contributed by atoms with Gasteiger partial charge in [0.1, 0.15) is 0 Å². The molecule has 2 nitrogen and oxygen atoms in total. The Morgan fingerprint density at radius 1 is 1.35 bits per heavy atom. The van der Waals surface area contributed by atoms with E-state index in [1.807, 2.05) is 37.4 Å². The van der Waals surface area contributed by atoms with Crippen molar-refractivity contribution in [3.63, 3.8) is 0 Å². The molecule has 0 saturated carbocycles. The van der Waals surface area contributed by atoms with Crippen molar-refractivity contribution in [2.75, 3.05) is 6.54 Å². The second-order valence-corrected chi connectivity index (χ2v) is 3.96. The van der Waals surface area contributed by atoms with Gasteiger partial charge in [-0.1, -0.05) is 30.4 Å². The minimum Gasteiger partial charge on any atom is -0.388 e. The number of nitrogens with zero attached hydrogens (tertiary/aromatic N) is 1. The molecule has 0 bridgehead atoms. The molecule has 0 radical (unpaired) electrons. The maximum absolute atomic E-state index is 4.28. The molecule has 0 atom stereocenters. The fraction of sp³-hybridized carbons (Fsp3) is 0.267. The van der Waals surface area contributed by atoms with Gasteiger partial charge in [-0.05, 0) is 32.1 Å². The summed E-state index contributed by atoms with van der Waals surface area (Å²) in [5, 5.41) is 3.35. The Morgan fingerprint density at radius 2 is 2.18 bits per heavy atom. The first-order valence-corrected chi connectivity index (χ1v) is 5.84. The molecule has 17 heavy (non-hydrogen) atoms. The van der Waals surface area contributed by atoms with Crippen LogP contribution in [-0.4, -0.2) is 11.5 Å². The number of allylic oxidation sites excluding steroid dienone is 5. The summed E-state index contributed by atoms with van der Waals surface area (Å²) in [6.45, 7) is 8.71. The van der Waals surface area contributed by atoms with Gasteiger partial charge < -0.3 is 5.32 Å². The molecule has 2 heteroatoms. The molecule has 1 aromatic rings. The average molecular weight is 228 g/mol. The van der Waals surface area contributed by atoms with Crippen LogP contribution in [0, 0.1) is 0 Å². The molecule has 0 spiro atoms. The van der Waals surface area contributed by atoms with E-state index in [1.165, 1.54) is 0 Å². The van der Waals surface area contributed by atoms with Crippen LogP contribution in [0.4, 0.5) is 0 Å². The molecule has 0 saturated heterocycles. The van der Waals surface area contributed by atoms with E-state index in [0.717, 1.165) is 29.9 Å². The summed E-state index contributed by atoms with van der Waals surface area (Å²) in [5.74, 6) is 0. The number of nitrogens with one attached hydrogen (secondary N) is 1. The topological polar surface area (TPSA) is 24.9 Å². The zero-order valence-electron chi connectivity index (χ0n) is 10.6. The van der Waals surface area contributed by atoms with Crippen LogP contribution >= 0.6 is 0 Å². The molecule has 0 aliphatic rings. The summed E-state index contributed by atoms with van der Waals surface area (Å²) >= 11 is 0. The smallest absolute Gasteiger partial charge is 0.0421 e. The van der Waals surface area contributed by atoms with Crippen molar-refractivity contribution < 1.29 is 0 Å². The largest absolute Gasteiger partial charge is 0.388 e. The third-order valence-electron chi connectivity index (χ3n) is 2.43. The number of aromatic nitrogens is 1. The van der Waals surface area contributed by atoms with Gasteiger partial charge >= 0.3 is 0 Å². The van der Waals surface area contributed by atoms with Crippen molar-refractivity contribution >= 4 is 0 Å². The molecule has 0 amide bonds. The lowest BCUT2D eigenvalue weighted by molar-refractivity contribution is 0.774. The van der Waals surface area contributed by atoms with Crippen molar-refractivity contribution in [1.29, 1.82) is 0 Å². The van der Waals surface area contributed by atoms with Crippen LogP contribution in [-0.2, 0) is 6.42 Å². The standard InChI is InChI=1S/C15H20N2/c1-4-13(2)8-9-14(3)16-12-10-15-7-5-6-11-17-15/h4-9,11,16H,1,10,12H2,2-3H3/b13-8-,14-9+. The molecule has 0 aliphatic heterocycles. The summed E-state index contributed by atoms with van der Waals surface area (Å²) in [4.78, 5) is 4.28. The minimum absolute atomic E-state index is 0.903. The van der Waals surface area contributed by atoms with Crippen molar-refractivity contribution in [3.05, 3.63) is 66.2 Å². The highest BCUT2D eigenvalue weighted by molar-refractivity contribution is 5.21. The van der Waals surface area contributed by atoms with E-state index in [2.05, 4.69) is 36.0 Å². The number of pyridine rings is 1. The van der Waals surface area contributed by atoms with Crippen molar-refractivity contribution in [2.45, 2.75) is 20.3 Å². The van der Waals surface area contributed by atoms with E-state index < -0.39 is 0 Å². The van der Waals surface area contributed by atoms with Gasteiger partial charge in [0.25, 0.3) is 0 Å². The molecule has 1 rings (SSSR count). The minimum atomic E-state index is 0.903. The molecule has 90 valence electrons. The lowest BCUT2D eigenvalue weighted by atomic mass is 10.2.